The SMILES string of the molecule is CC1=C(/C=C/C(C)=C/C[N+](C)(C)C)C(C)(C)CCC1.[I-]. The predicted octanol–water partition coefficient (Wildman–Crippen LogP) is 1.73. The van der Waals surface area contributed by atoms with Crippen molar-refractivity contribution in [1.29, 1.82) is 0 Å². The molecule has 20 heavy (non-hydrogen) atoms. The highest BCUT2D eigenvalue weighted by Crippen LogP contribution is 2.40. The van der Waals surface area contributed by atoms with Crippen molar-refractivity contribution in [2.45, 2.75) is 47.0 Å². The van der Waals surface area contributed by atoms with Crippen LogP contribution in [0.2, 0.25) is 0 Å². The Labute approximate surface area is 143 Å². The lowest BCUT2D eigenvalue weighted by molar-refractivity contribution is -0.864. The lowest BCUT2D eigenvalue weighted by Gasteiger charge is -2.33. The van der Waals surface area contributed by atoms with Gasteiger partial charge in [-0.1, -0.05) is 31.6 Å². The van der Waals surface area contributed by atoms with E-state index in [9.17, 15) is 0 Å². The smallest absolute Gasteiger partial charge is 0.0973 e. The minimum absolute atomic E-state index is 0. The zero-order valence-corrected chi connectivity index (χ0v) is 16.5. The van der Waals surface area contributed by atoms with Gasteiger partial charge in [0.25, 0.3) is 0 Å². The number of quaternary nitrogens is 1. The van der Waals surface area contributed by atoms with Gasteiger partial charge in [-0.3, -0.25) is 0 Å². The van der Waals surface area contributed by atoms with Crippen LogP contribution in [0.4, 0.5) is 0 Å². The summed E-state index contributed by atoms with van der Waals surface area (Å²) in [5.74, 6) is 0. The maximum Gasteiger partial charge on any atom is 0.0973 e. The first-order chi connectivity index (χ1) is 8.62. The summed E-state index contributed by atoms with van der Waals surface area (Å²) >= 11 is 0. The third kappa shape index (κ3) is 6.57. The first kappa shape index (κ1) is 19.9. The molecule has 0 unspecified atom stereocenters. The lowest BCUT2D eigenvalue weighted by Crippen LogP contribution is -3.00. The van der Waals surface area contributed by atoms with Crippen molar-refractivity contribution in [3.05, 3.63) is 34.9 Å². The minimum Gasteiger partial charge on any atom is -1.00 e. The fourth-order valence-corrected chi connectivity index (χ4v) is 2.71. The van der Waals surface area contributed by atoms with Crippen molar-refractivity contribution in [1.82, 2.24) is 0 Å². The van der Waals surface area contributed by atoms with Crippen LogP contribution in [-0.2, 0) is 0 Å². The van der Waals surface area contributed by atoms with Gasteiger partial charge in [-0.25, -0.2) is 0 Å². The zero-order valence-electron chi connectivity index (χ0n) is 14.4. The van der Waals surface area contributed by atoms with Gasteiger partial charge < -0.3 is 28.5 Å². The lowest BCUT2D eigenvalue weighted by atomic mass is 9.72. The summed E-state index contributed by atoms with van der Waals surface area (Å²) in [5.41, 5.74) is 4.84. The Hall–Kier alpha value is -0.0900. The highest BCUT2D eigenvalue weighted by atomic mass is 127. The molecule has 0 bridgehead atoms. The Kier molecular flexibility index (Phi) is 7.75. The number of likely N-dealkylation sites (N-methyl/N-ethyl adjacent to an activating group) is 1. The maximum absolute atomic E-state index is 2.38. The second-order valence-corrected chi connectivity index (χ2v) is 7.69. The van der Waals surface area contributed by atoms with Gasteiger partial charge in [0, 0.05) is 0 Å². The van der Waals surface area contributed by atoms with Crippen LogP contribution in [0.25, 0.3) is 0 Å². The first-order valence-corrected chi connectivity index (χ1v) is 7.47. The van der Waals surface area contributed by atoms with Crippen LogP contribution in [0.5, 0.6) is 0 Å². The highest BCUT2D eigenvalue weighted by molar-refractivity contribution is 5.35. The molecule has 0 N–H and O–H groups in total. The van der Waals surface area contributed by atoms with Crippen molar-refractivity contribution in [3.8, 4) is 0 Å². The molecule has 0 atom stereocenters. The fourth-order valence-electron chi connectivity index (χ4n) is 2.71. The summed E-state index contributed by atoms with van der Waals surface area (Å²) in [6.45, 7) is 10.3. The second kappa shape index (κ2) is 7.79. The molecular weight excluding hydrogens is 357 g/mol. The number of halogens is 1. The second-order valence-electron chi connectivity index (χ2n) is 7.69. The Bertz CT molecular complexity index is 406. The first-order valence-electron chi connectivity index (χ1n) is 7.47. The van der Waals surface area contributed by atoms with Gasteiger partial charge in [0.05, 0.1) is 27.7 Å². The third-order valence-electron chi connectivity index (χ3n) is 4.02. The molecule has 1 aliphatic carbocycles. The standard InChI is InChI=1S/C18H32N.HI/c1-15(12-14-19(5,6)7)10-11-17-16(2)9-8-13-18(17,3)4;/h10-12H,8-9,13-14H2,1-7H3;1H/q+1;/p-1/b11-10+,15-12+;. The van der Waals surface area contributed by atoms with Crippen molar-refractivity contribution in [2.24, 2.45) is 5.41 Å². The van der Waals surface area contributed by atoms with E-state index in [2.05, 4.69) is 67.1 Å². The number of hydrogen-bond acceptors (Lipinski definition) is 0. The molecule has 0 radical (unpaired) electrons. The van der Waals surface area contributed by atoms with E-state index in [1.165, 1.54) is 24.8 Å². The van der Waals surface area contributed by atoms with Crippen LogP contribution in [-0.4, -0.2) is 32.2 Å². The van der Waals surface area contributed by atoms with Crippen LogP contribution < -0.4 is 24.0 Å². The summed E-state index contributed by atoms with van der Waals surface area (Å²) in [6, 6.07) is 0. The van der Waals surface area contributed by atoms with Crippen LogP contribution in [0, 0.1) is 5.41 Å². The van der Waals surface area contributed by atoms with Gasteiger partial charge in [0.15, 0.2) is 0 Å². The van der Waals surface area contributed by atoms with E-state index in [4.69, 9.17) is 0 Å². The Morgan fingerprint density at radius 3 is 2.35 bits per heavy atom. The summed E-state index contributed by atoms with van der Waals surface area (Å²) in [7, 11) is 6.68. The number of nitrogens with zero attached hydrogens (tertiary/aromatic N) is 1. The van der Waals surface area contributed by atoms with Crippen LogP contribution in [0.3, 0.4) is 0 Å². The average Bonchev–Trinajstić information content (AvgIpc) is 2.23. The maximum atomic E-state index is 2.38. The van der Waals surface area contributed by atoms with Gasteiger partial charge in [-0.15, -0.1) is 0 Å². The average molecular weight is 389 g/mol. The van der Waals surface area contributed by atoms with E-state index in [1.54, 1.807) is 11.1 Å². The quantitative estimate of drug-likeness (QED) is 0.390. The van der Waals surface area contributed by atoms with E-state index in [-0.39, 0.29) is 24.0 Å². The fraction of sp³-hybridized carbons (Fsp3) is 0.667. The topological polar surface area (TPSA) is 0 Å². The molecule has 0 spiro atoms. The molecule has 0 saturated carbocycles. The third-order valence-corrected chi connectivity index (χ3v) is 4.02. The summed E-state index contributed by atoms with van der Waals surface area (Å²) in [5, 5.41) is 0. The molecule has 1 nitrogen and oxygen atoms in total. The molecule has 1 aliphatic rings. The summed E-state index contributed by atoms with van der Waals surface area (Å²) in [4.78, 5) is 0. The van der Waals surface area contributed by atoms with Crippen LogP contribution in [0.1, 0.15) is 47.0 Å². The Morgan fingerprint density at radius 2 is 1.85 bits per heavy atom. The van der Waals surface area contributed by atoms with Crippen LogP contribution in [0.15, 0.2) is 34.9 Å². The van der Waals surface area contributed by atoms with Crippen molar-refractivity contribution < 1.29 is 28.5 Å². The molecule has 0 heterocycles. The minimum atomic E-state index is 0. The van der Waals surface area contributed by atoms with Gasteiger partial charge >= 0.3 is 0 Å². The predicted molar refractivity (Wildman–Crippen MR) is 86.1 cm³/mol. The molecule has 116 valence electrons. The number of hydrogen-bond donors (Lipinski definition) is 0. The van der Waals surface area contributed by atoms with Gasteiger partial charge in [0.1, 0.15) is 0 Å². The van der Waals surface area contributed by atoms with Crippen molar-refractivity contribution >= 4 is 0 Å². The van der Waals surface area contributed by atoms with Crippen LogP contribution >= 0.6 is 0 Å². The molecule has 0 aromatic rings. The summed E-state index contributed by atoms with van der Waals surface area (Å²) in [6.07, 6.45) is 10.9. The monoisotopic (exact) mass is 389 g/mol. The molecule has 1 rings (SSSR count). The molecule has 0 fully saturated rings. The van der Waals surface area contributed by atoms with E-state index in [1.807, 2.05) is 0 Å². The number of rotatable bonds is 4. The summed E-state index contributed by atoms with van der Waals surface area (Å²) < 4.78 is 0.985. The molecule has 0 aromatic heterocycles. The molecule has 0 aliphatic heterocycles. The number of allylic oxidation sites excluding steroid dienone is 5. The normalized spacial score (nSPS) is 20.2. The molecular formula is C18H32IN. The molecule has 0 saturated heterocycles. The Balaban J connectivity index is 0.00000361. The molecule has 0 amide bonds. The largest absolute Gasteiger partial charge is 1.00 e. The van der Waals surface area contributed by atoms with E-state index in [0.29, 0.717) is 5.41 Å². The molecule has 2 heteroatoms. The van der Waals surface area contributed by atoms with E-state index in [0.717, 1.165) is 11.0 Å². The molecule has 0 aromatic carbocycles. The van der Waals surface area contributed by atoms with Gasteiger partial charge in [0.2, 0.25) is 0 Å². The Morgan fingerprint density at radius 1 is 1.25 bits per heavy atom. The van der Waals surface area contributed by atoms with E-state index >= 15 is 0 Å². The highest BCUT2D eigenvalue weighted by Gasteiger charge is 2.26. The van der Waals surface area contributed by atoms with E-state index < -0.39 is 0 Å². The zero-order chi connectivity index (χ0) is 14.7. The van der Waals surface area contributed by atoms with Gasteiger partial charge in [-0.05, 0) is 55.7 Å². The van der Waals surface area contributed by atoms with Gasteiger partial charge in [-0.2, -0.15) is 0 Å². The van der Waals surface area contributed by atoms with Crippen molar-refractivity contribution in [3.63, 3.8) is 0 Å². The van der Waals surface area contributed by atoms with Crippen molar-refractivity contribution in [2.75, 3.05) is 27.7 Å².